The Morgan fingerprint density at radius 2 is 2.07 bits per heavy atom. The third kappa shape index (κ3) is 7.27. The van der Waals surface area contributed by atoms with Crippen LogP contribution in [0.3, 0.4) is 0 Å². The summed E-state index contributed by atoms with van der Waals surface area (Å²) in [7, 11) is 3.57. The summed E-state index contributed by atoms with van der Waals surface area (Å²) < 4.78 is 12.9. The molecule has 1 saturated heterocycles. The highest BCUT2D eigenvalue weighted by atomic mass is 127. The maximum Gasteiger partial charge on any atom is 0.193 e. The van der Waals surface area contributed by atoms with Crippen molar-refractivity contribution in [1.82, 2.24) is 20.0 Å². The Bertz CT molecular complexity index is 730. The maximum atomic E-state index is 5.95. The summed E-state index contributed by atoms with van der Waals surface area (Å²) in [5.41, 5.74) is 2.26. The highest BCUT2D eigenvalue weighted by Crippen LogP contribution is 2.15. The molecule has 1 aliphatic heterocycles. The molecule has 0 atom stereocenters. The molecule has 0 radical (unpaired) electrons. The van der Waals surface area contributed by atoms with Crippen LogP contribution in [0.4, 0.5) is 0 Å². The molecule has 8 heteroatoms. The van der Waals surface area contributed by atoms with Crippen LogP contribution in [-0.4, -0.2) is 67.2 Å². The number of methoxy groups -OCH3 is 1. The van der Waals surface area contributed by atoms with Crippen molar-refractivity contribution in [3.8, 4) is 5.69 Å². The number of aliphatic imine (C=N–C) groups is 1. The van der Waals surface area contributed by atoms with Gasteiger partial charge in [-0.25, -0.2) is 4.68 Å². The van der Waals surface area contributed by atoms with Crippen LogP contribution < -0.4 is 5.32 Å². The third-order valence-corrected chi connectivity index (χ3v) is 4.93. The number of nitrogens with zero attached hydrogens (tertiary/aromatic N) is 4. The van der Waals surface area contributed by atoms with Gasteiger partial charge in [0, 0.05) is 59.4 Å². The van der Waals surface area contributed by atoms with Crippen LogP contribution >= 0.6 is 24.0 Å². The number of guanidine groups is 1. The number of piperidine rings is 1. The van der Waals surface area contributed by atoms with Crippen molar-refractivity contribution >= 4 is 29.9 Å². The summed E-state index contributed by atoms with van der Waals surface area (Å²) >= 11 is 0. The lowest BCUT2D eigenvalue weighted by molar-refractivity contribution is 0.00989. The van der Waals surface area contributed by atoms with Gasteiger partial charge in [-0.3, -0.25) is 4.99 Å². The van der Waals surface area contributed by atoms with Gasteiger partial charge < -0.3 is 19.7 Å². The fourth-order valence-electron chi connectivity index (χ4n) is 3.43. The molecule has 1 fully saturated rings. The second-order valence-corrected chi connectivity index (χ2v) is 6.92. The van der Waals surface area contributed by atoms with Crippen LogP contribution in [0.5, 0.6) is 0 Å². The summed E-state index contributed by atoms with van der Waals surface area (Å²) in [4.78, 5) is 6.78. The van der Waals surface area contributed by atoms with Gasteiger partial charge in [-0.1, -0.05) is 12.1 Å². The number of halogens is 1. The quantitative estimate of drug-likeness (QED) is 0.255. The van der Waals surface area contributed by atoms with Gasteiger partial charge in [0.05, 0.1) is 11.8 Å². The lowest BCUT2D eigenvalue weighted by Gasteiger charge is -2.34. The first-order valence-electron chi connectivity index (χ1n) is 9.95. The van der Waals surface area contributed by atoms with Crippen LogP contribution in [0, 0.1) is 0 Å². The van der Waals surface area contributed by atoms with E-state index in [2.05, 4.69) is 44.6 Å². The smallest absolute Gasteiger partial charge is 0.193 e. The molecule has 2 heterocycles. The molecule has 29 heavy (non-hydrogen) atoms. The SMILES string of the molecule is CN=C(NCc1cccc(-n2cccn2)c1)N1CCC(OCCCOC)CC1.I. The normalized spacial score (nSPS) is 15.2. The van der Waals surface area contributed by atoms with Gasteiger partial charge in [0.1, 0.15) is 0 Å². The average molecular weight is 513 g/mol. The van der Waals surface area contributed by atoms with Crippen molar-refractivity contribution in [2.45, 2.75) is 31.9 Å². The molecule has 0 saturated carbocycles. The van der Waals surface area contributed by atoms with Crippen molar-refractivity contribution in [1.29, 1.82) is 0 Å². The Kier molecular flexibility index (Phi) is 10.4. The molecule has 1 aromatic heterocycles. The molecular formula is C21H32IN5O2. The molecule has 1 aliphatic rings. The second kappa shape index (κ2) is 12.8. The standard InChI is InChI=1S/C21H31N5O2.HI/c1-22-21(25-12-8-20(9-13-25)28-15-5-14-27-2)23-17-18-6-3-7-19(16-18)26-11-4-10-24-26;/h3-4,6-7,10-11,16,20H,5,8-9,12-15,17H2,1-2H3,(H,22,23);1H. The van der Waals surface area contributed by atoms with Gasteiger partial charge in [0.25, 0.3) is 0 Å². The largest absolute Gasteiger partial charge is 0.385 e. The maximum absolute atomic E-state index is 5.95. The summed E-state index contributed by atoms with van der Waals surface area (Å²) in [5.74, 6) is 0.947. The molecule has 0 spiro atoms. The summed E-state index contributed by atoms with van der Waals surface area (Å²) in [6.07, 6.45) is 7.10. The van der Waals surface area contributed by atoms with Gasteiger partial charge in [-0.15, -0.1) is 24.0 Å². The van der Waals surface area contributed by atoms with E-state index in [4.69, 9.17) is 9.47 Å². The number of benzene rings is 1. The van der Waals surface area contributed by atoms with E-state index in [1.807, 2.05) is 24.0 Å². The van der Waals surface area contributed by atoms with Gasteiger partial charge in [0.15, 0.2) is 5.96 Å². The van der Waals surface area contributed by atoms with E-state index >= 15 is 0 Å². The van der Waals surface area contributed by atoms with E-state index in [9.17, 15) is 0 Å². The second-order valence-electron chi connectivity index (χ2n) is 6.92. The van der Waals surface area contributed by atoms with Gasteiger partial charge in [-0.05, 0) is 43.0 Å². The predicted octanol–water partition coefficient (Wildman–Crippen LogP) is 3.08. The minimum atomic E-state index is 0. The van der Waals surface area contributed by atoms with Crippen LogP contribution in [0.25, 0.3) is 5.69 Å². The van der Waals surface area contributed by atoms with Crippen molar-refractivity contribution in [3.05, 3.63) is 48.3 Å². The van der Waals surface area contributed by atoms with Crippen molar-refractivity contribution in [3.63, 3.8) is 0 Å². The van der Waals surface area contributed by atoms with Crippen LogP contribution in [-0.2, 0) is 16.0 Å². The average Bonchev–Trinajstić information content (AvgIpc) is 3.28. The molecule has 3 rings (SSSR count). The number of aromatic nitrogens is 2. The Balaban J connectivity index is 0.00000300. The highest BCUT2D eigenvalue weighted by molar-refractivity contribution is 14.0. The molecule has 7 nitrogen and oxygen atoms in total. The van der Waals surface area contributed by atoms with Crippen LogP contribution in [0.1, 0.15) is 24.8 Å². The zero-order valence-electron chi connectivity index (χ0n) is 17.3. The van der Waals surface area contributed by atoms with E-state index in [-0.39, 0.29) is 24.0 Å². The minimum Gasteiger partial charge on any atom is -0.385 e. The molecular weight excluding hydrogens is 481 g/mol. The van der Waals surface area contributed by atoms with Crippen molar-refractivity contribution < 1.29 is 9.47 Å². The Morgan fingerprint density at radius 3 is 2.76 bits per heavy atom. The van der Waals surface area contributed by atoms with Crippen molar-refractivity contribution in [2.75, 3.05) is 40.5 Å². The minimum absolute atomic E-state index is 0. The van der Waals surface area contributed by atoms with E-state index in [1.54, 1.807) is 13.3 Å². The zero-order chi connectivity index (χ0) is 19.6. The highest BCUT2D eigenvalue weighted by Gasteiger charge is 2.21. The molecule has 0 amide bonds. The van der Waals surface area contributed by atoms with Gasteiger partial charge in [0.2, 0.25) is 0 Å². The molecule has 160 valence electrons. The number of nitrogens with one attached hydrogen (secondary N) is 1. The third-order valence-electron chi connectivity index (χ3n) is 4.93. The predicted molar refractivity (Wildman–Crippen MR) is 126 cm³/mol. The molecule has 0 aliphatic carbocycles. The van der Waals surface area contributed by atoms with Gasteiger partial charge >= 0.3 is 0 Å². The topological polar surface area (TPSA) is 63.9 Å². The number of hydrogen-bond donors (Lipinski definition) is 1. The van der Waals surface area contributed by atoms with Crippen LogP contribution in [0.2, 0.25) is 0 Å². The Labute approximate surface area is 190 Å². The Hall–Kier alpha value is -1.65. The molecule has 0 unspecified atom stereocenters. The summed E-state index contributed by atoms with van der Waals surface area (Å²) in [6.45, 7) is 4.19. The Morgan fingerprint density at radius 1 is 1.24 bits per heavy atom. The number of rotatable bonds is 8. The fraction of sp³-hybridized carbons (Fsp3) is 0.524. The van der Waals surface area contributed by atoms with Crippen molar-refractivity contribution in [2.24, 2.45) is 4.99 Å². The lowest BCUT2D eigenvalue weighted by Crippen LogP contribution is -2.46. The van der Waals surface area contributed by atoms with Crippen LogP contribution in [0.15, 0.2) is 47.7 Å². The first-order chi connectivity index (χ1) is 13.8. The lowest BCUT2D eigenvalue weighted by atomic mass is 10.1. The van der Waals surface area contributed by atoms with E-state index in [1.165, 1.54) is 5.56 Å². The van der Waals surface area contributed by atoms with Gasteiger partial charge in [-0.2, -0.15) is 5.10 Å². The van der Waals surface area contributed by atoms with E-state index < -0.39 is 0 Å². The molecule has 0 bridgehead atoms. The first-order valence-corrected chi connectivity index (χ1v) is 9.95. The first kappa shape index (κ1) is 23.6. The molecule has 1 N–H and O–H groups in total. The fourth-order valence-corrected chi connectivity index (χ4v) is 3.43. The zero-order valence-corrected chi connectivity index (χ0v) is 19.6. The number of likely N-dealkylation sites (tertiary alicyclic amines) is 1. The number of hydrogen-bond acceptors (Lipinski definition) is 4. The molecule has 1 aromatic carbocycles. The summed E-state index contributed by atoms with van der Waals surface area (Å²) in [6, 6.07) is 10.3. The van der Waals surface area contributed by atoms with E-state index in [0.717, 1.165) is 63.8 Å². The molecule has 2 aromatic rings. The monoisotopic (exact) mass is 513 g/mol. The number of ether oxygens (including phenoxy) is 2. The summed E-state index contributed by atoms with van der Waals surface area (Å²) in [5, 5.41) is 7.79. The van der Waals surface area contributed by atoms with E-state index in [0.29, 0.717) is 6.10 Å².